The van der Waals surface area contributed by atoms with Crippen LogP contribution >= 0.6 is 0 Å². The van der Waals surface area contributed by atoms with Crippen LogP contribution in [0.4, 0.5) is 0 Å². The topological polar surface area (TPSA) is 37.3 Å². The van der Waals surface area contributed by atoms with Crippen molar-refractivity contribution in [2.45, 2.75) is 58.0 Å². The molecule has 2 nitrogen and oxygen atoms in total. The van der Waals surface area contributed by atoms with Gasteiger partial charge in [-0.3, -0.25) is 4.79 Å². The van der Waals surface area contributed by atoms with Gasteiger partial charge in [0.2, 0.25) is 0 Å². The van der Waals surface area contributed by atoms with Crippen LogP contribution in [-0.2, 0) is 4.79 Å². The van der Waals surface area contributed by atoms with Crippen LogP contribution < -0.4 is 0 Å². The third-order valence-corrected chi connectivity index (χ3v) is 2.68. The lowest BCUT2D eigenvalue weighted by atomic mass is 10.0. The predicted octanol–water partition coefficient (Wildman–Crippen LogP) is 2.30. The fourth-order valence-electron chi connectivity index (χ4n) is 1.55. The quantitative estimate of drug-likeness (QED) is 0.616. The van der Waals surface area contributed by atoms with E-state index >= 15 is 0 Å². The molecule has 1 N–H and O–H groups in total. The lowest BCUT2D eigenvalue weighted by Gasteiger charge is -2.06. The first kappa shape index (κ1) is 10.7. The van der Waals surface area contributed by atoms with Gasteiger partial charge in [-0.15, -0.1) is 0 Å². The van der Waals surface area contributed by atoms with Gasteiger partial charge in [-0.2, -0.15) is 0 Å². The minimum Gasteiger partial charge on any atom is -0.385 e. The molecular weight excluding hydrogens is 164 g/mol. The maximum atomic E-state index is 11.3. The minimum atomic E-state index is -0.637. The smallest absolute Gasteiger partial charge is 0.161 e. The zero-order valence-electron chi connectivity index (χ0n) is 8.46. The lowest BCUT2D eigenvalue weighted by Crippen LogP contribution is -2.22. The Balaban J connectivity index is 2.02. The van der Waals surface area contributed by atoms with Crippen LogP contribution in [0.2, 0.25) is 0 Å². The van der Waals surface area contributed by atoms with Gasteiger partial charge in [-0.25, -0.2) is 0 Å². The highest BCUT2D eigenvalue weighted by molar-refractivity contribution is 5.83. The number of aliphatic hydroxyl groups excluding tert-OH is 1. The summed E-state index contributed by atoms with van der Waals surface area (Å²) in [5.41, 5.74) is 0. The summed E-state index contributed by atoms with van der Waals surface area (Å²) in [4.78, 5) is 11.3. The Morgan fingerprint density at radius 3 is 2.62 bits per heavy atom. The van der Waals surface area contributed by atoms with Crippen LogP contribution in [0, 0.1) is 5.92 Å². The van der Waals surface area contributed by atoms with Gasteiger partial charge in [0.15, 0.2) is 5.78 Å². The number of rotatable bonds is 7. The van der Waals surface area contributed by atoms with Crippen molar-refractivity contribution in [3.63, 3.8) is 0 Å². The van der Waals surface area contributed by atoms with Crippen LogP contribution in [0.1, 0.15) is 51.9 Å². The molecule has 13 heavy (non-hydrogen) atoms. The van der Waals surface area contributed by atoms with E-state index < -0.39 is 6.10 Å². The van der Waals surface area contributed by atoms with Gasteiger partial charge in [0.05, 0.1) is 0 Å². The van der Waals surface area contributed by atoms with Crippen molar-refractivity contribution >= 4 is 5.78 Å². The molecule has 1 fully saturated rings. The van der Waals surface area contributed by atoms with Crippen LogP contribution in [0.25, 0.3) is 0 Å². The Bertz CT molecular complexity index is 161. The Labute approximate surface area is 80.3 Å². The third-order valence-electron chi connectivity index (χ3n) is 2.68. The molecule has 1 aliphatic carbocycles. The first-order valence-corrected chi connectivity index (χ1v) is 5.46. The molecule has 0 saturated heterocycles. The summed E-state index contributed by atoms with van der Waals surface area (Å²) in [5.74, 6) is 0.372. The fourth-order valence-corrected chi connectivity index (χ4v) is 1.55. The molecular formula is C11H20O2. The SMILES string of the molecule is CCCCCCC(=O)C(O)C1CC1. The van der Waals surface area contributed by atoms with Gasteiger partial charge in [-0.1, -0.05) is 26.2 Å². The fraction of sp³-hybridized carbons (Fsp3) is 0.909. The van der Waals surface area contributed by atoms with E-state index in [0.29, 0.717) is 12.3 Å². The van der Waals surface area contributed by atoms with Crippen molar-refractivity contribution in [1.82, 2.24) is 0 Å². The minimum absolute atomic E-state index is 0.0682. The van der Waals surface area contributed by atoms with Gasteiger partial charge < -0.3 is 5.11 Å². The highest BCUT2D eigenvalue weighted by Gasteiger charge is 2.33. The molecule has 0 spiro atoms. The Hall–Kier alpha value is -0.370. The molecule has 0 heterocycles. The zero-order valence-corrected chi connectivity index (χ0v) is 8.46. The van der Waals surface area contributed by atoms with Crippen LogP contribution in [0.5, 0.6) is 0 Å². The summed E-state index contributed by atoms with van der Waals surface area (Å²) >= 11 is 0. The summed E-state index contributed by atoms with van der Waals surface area (Å²) in [6.45, 7) is 2.15. The van der Waals surface area contributed by atoms with E-state index in [1.807, 2.05) is 0 Å². The summed E-state index contributed by atoms with van der Waals surface area (Å²) in [6, 6.07) is 0. The lowest BCUT2D eigenvalue weighted by molar-refractivity contribution is -0.128. The molecule has 0 radical (unpaired) electrons. The first-order valence-electron chi connectivity index (χ1n) is 5.46. The Kier molecular flexibility index (Phi) is 4.43. The molecule has 1 saturated carbocycles. The molecule has 1 rings (SSSR count). The summed E-state index contributed by atoms with van der Waals surface area (Å²) < 4.78 is 0. The van der Waals surface area contributed by atoms with Gasteiger partial charge in [0.25, 0.3) is 0 Å². The van der Waals surface area contributed by atoms with Crippen molar-refractivity contribution < 1.29 is 9.90 Å². The number of Topliss-reactive ketones (excluding diaryl/α,β-unsaturated/α-hetero) is 1. The Morgan fingerprint density at radius 2 is 2.08 bits per heavy atom. The van der Waals surface area contributed by atoms with E-state index in [9.17, 15) is 9.90 Å². The second-order valence-corrected chi connectivity index (χ2v) is 4.06. The molecule has 0 aromatic heterocycles. The van der Waals surface area contributed by atoms with Crippen molar-refractivity contribution in [2.24, 2.45) is 5.92 Å². The van der Waals surface area contributed by atoms with Gasteiger partial charge >= 0.3 is 0 Å². The number of ketones is 1. The molecule has 1 unspecified atom stereocenters. The number of hydrogen-bond acceptors (Lipinski definition) is 2. The third kappa shape index (κ3) is 3.90. The number of carbonyl (C=O) groups is 1. The van der Waals surface area contributed by atoms with Crippen LogP contribution in [-0.4, -0.2) is 17.0 Å². The highest BCUT2D eigenvalue weighted by Crippen LogP contribution is 2.33. The van der Waals surface area contributed by atoms with E-state index in [1.165, 1.54) is 12.8 Å². The molecule has 2 heteroatoms. The van der Waals surface area contributed by atoms with Crippen molar-refractivity contribution in [3.05, 3.63) is 0 Å². The van der Waals surface area contributed by atoms with Crippen molar-refractivity contribution in [2.75, 3.05) is 0 Å². The molecule has 76 valence electrons. The molecule has 0 aromatic carbocycles. The number of hydrogen-bond donors (Lipinski definition) is 1. The van der Waals surface area contributed by atoms with Gasteiger partial charge in [0, 0.05) is 6.42 Å². The van der Waals surface area contributed by atoms with Gasteiger partial charge in [-0.05, 0) is 25.2 Å². The monoisotopic (exact) mass is 184 g/mol. The predicted molar refractivity (Wildman–Crippen MR) is 52.5 cm³/mol. The van der Waals surface area contributed by atoms with E-state index in [2.05, 4.69) is 6.92 Å². The van der Waals surface area contributed by atoms with E-state index in [-0.39, 0.29) is 5.78 Å². The van der Waals surface area contributed by atoms with E-state index in [4.69, 9.17) is 0 Å². The average molecular weight is 184 g/mol. The maximum Gasteiger partial charge on any atom is 0.161 e. The normalized spacial score (nSPS) is 18.6. The largest absolute Gasteiger partial charge is 0.385 e. The molecule has 0 amide bonds. The Morgan fingerprint density at radius 1 is 1.38 bits per heavy atom. The van der Waals surface area contributed by atoms with E-state index in [1.54, 1.807) is 0 Å². The molecule has 0 aliphatic heterocycles. The molecule has 1 atom stereocenters. The molecule has 1 aliphatic rings. The average Bonchev–Trinajstić information content (AvgIpc) is 2.94. The van der Waals surface area contributed by atoms with Crippen molar-refractivity contribution in [3.8, 4) is 0 Å². The number of aliphatic hydroxyl groups is 1. The maximum absolute atomic E-state index is 11.3. The second kappa shape index (κ2) is 5.38. The standard InChI is InChI=1S/C11H20O2/c1-2-3-4-5-6-10(12)11(13)9-7-8-9/h9,11,13H,2-8H2,1H3. The summed E-state index contributed by atoms with van der Waals surface area (Å²) in [5, 5.41) is 9.46. The van der Waals surface area contributed by atoms with Crippen LogP contribution in [0.3, 0.4) is 0 Å². The van der Waals surface area contributed by atoms with E-state index in [0.717, 1.165) is 25.7 Å². The molecule has 0 aromatic rings. The van der Waals surface area contributed by atoms with Gasteiger partial charge in [0.1, 0.15) is 6.10 Å². The zero-order chi connectivity index (χ0) is 9.68. The summed E-state index contributed by atoms with van der Waals surface area (Å²) in [7, 11) is 0. The first-order chi connectivity index (χ1) is 6.25. The highest BCUT2D eigenvalue weighted by atomic mass is 16.3. The number of carbonyl (C=O) groups excluding carboxylic acids is 1. The number of unbranched alkanes of at least 4 members (excludes halogenated alkanes) is 3. The van der Waals surface area contributed by atoms with Crippen LogP contribution in [0.15, 0.2) is 0 Å². The summed E-state index contributed by atoms with van der Waals surface area (Å²) in [6.07, 6.45) is 6.51. The van der Waals surface area contributed by atoms with Crippen molar-refractivity contribution in [1.29, 1.82) is 0 Å². The molecule has 0 bridgehead atoms. The second-order valence-electron chi connectivity index (χ2n) is 4.06.